The number of benzene rings is 1. The zero-order valence-corrected chi connectivity index (χ0v) is 9.04. The van der Waals surface area contributed by atoms with Crippen molar-refractivity contribution in [1.29, 1.82) is 0 Å². The molecule has 0 saturated carbocycles. The number of hydrogen-bond acceptors (Lipinski definition) is 2. The van der Waals surface area contributed by atoms with Crippen molar-refractivity contribution >= 4 is 15.9 Å². The molecule has 0 aliphatic carbocycles. The topological polar surface area (TPSA) is 40.6 Å². The molecular weight excluding hydrogens is 219 g/mol. The molecule has 0 N–H and O–H groups in total. The Hall–Kier alpha value is -1.14. The molecular formula is C9H11FN2O2S. The van der Waals surface area contributed by atoms with Crippen molar-refractivity contribution in [2.24, 2.45) is 0 Å². The van der Waals surface area contributed by atoms with E-state index < -0.39 is 16.0 Å². The second-order valence-corrected chi connectivity index (χ2v) is 5.31. The third-order valence-corrected chi connectivity index (χ3v) is 4.32. The molecule has 15 heavy (non-hydrogen) atoms. The van der Waals surface area contributed by atoms with Crippen LogP contribution >= 0.6 is 0 Å². The molecule has 6 heteroatoms. The van der Waals surface area contributed by atoms with Crippen LogP contribution in [0.2, 0.25) is 0 Å². The van der Waals surface area contributed by atoms with Crippen LogP contribution in [-0.4, -0.2) is 32.9 Å². The number of hydrogen-bond donors (Lipinski definition) is 0. The van der Waals surface area contributed by atoms with Gasteiger partial charge in [-0.1, -0.05) is 12.1 Å². The second-order valence-electron chi connectivity index (χ2n) is 3.35. The van der Waals surface area contributed by atoms with E-state index in [4.69, 9.17) is 0 Å². The molecule has 0 spiro atoms. The first-order valence-electron chi connectivity index (χ1n) is 4.52. The minimum absolute atomic E-state index is 0.113. The van der Waals surface area contributed by atoms with Crippen LogP contribution in [0, 0.1) is 5.82 Å². The zero-order valence-electron chi connectivity index (χ0n) is 8.22. The fourth-order valence-electron chi connectivity index (χ4n) is 1.53. The molecule has 0 unspecified atom stereocenters. The molecule has 82 valence electrons. The van der Waals surface area contributed by atoms with Crippen LogP contribution in [0.1, 0.15) is 0 Å². The first-order valence-corrected chi connectivity index (χ1v) is 5.92. The van der Waals surface area contributed by atoms with Gasteiger partial charge in [-0.3, -0.25) is 4.31 Å². The lowest BCUT2D eigenvalue weighted by molar-refractivity contribution is 0.511. The minimum Gasteiger partial charge on any atom is -0.253 e. The summed E-state index contributed by atoms with van der Waals surface area (Å²) in [5, 5.41) is 0. The monoisotopic (exact) mass is 230 g/mol. The number of para-hydroxylation sites is 1. The van der Waals surface area contributed by atoms with Gasteiger partial charge in [0.05, 0.1) is 5.69 Å². The van der Waals surface area contributed by atoms with Crippen LogP contribution in [-0.2, 0) is 10.2 Å². The summed E-state index contributed by atoms with van der Waals surface area (Å²) < 4.78 is 39.1. The standard InChI is InChI=1S/C9H11FN2O2S/c1-11-6-7-12(15(11,13)14)9-5-3-2-4-8(9)10/h2-5H,6-7H2,1H3. The third kappa shape index (κ3) is 1.59. The number of halogens is 1. The maximum Gasteiger partial charge on any atom is 0.304 e. The first-order chi connectivity index (χ1) is 7.03. The molecule has 1 heterocycles. The highest BCUT2D eigenvalue weighted by molar-refractivity contribution is 7.90. The largest absolute Gasteiger partial charge is 0.304 e. The summed E-state index contributed by atoms with van der Waals surface area (Å²) in [6.07, 6.45) is 0. The Labute approximate surface area is 88.1 Å². The van der Waals surface area contributed by atoms with Crippen molar-refractivity contribution in [1.82, 2.24) is 4.31 Å². The number of rotatable bonds is 1. The summed E-state index contributed by atoms with van der Waals surface area (Å²) in [5.74, 6) is -0.517. The predicted octanol–water partition coefficient (Wildman–Crippen LogP) is 0.822. The van der Waals surface area contributed by atoms with Gasteiger partial charge < -0.3 is 0 Å². The number of nitrogens with zero attached hydrogens (tertiary/aromatic N) is 2. The highest BCUT2D eigenvalue weighted by Crippen LogP contribution is 2.26. The van der Waals surface area contributed by atoms with Crippen molar-refractivity contribution < 1.29 is 12.8 Å². The lowest BCUT2D eigenvalue weighted by atomic mass is 10.3. The Kier molecular flexibility index (Phi) is 2.40. The molecule has 0 bridgehead atoms. The maximum absolute atomic E-state index is 13.4. The van der Waals surface area contributed by atoms with Gasteiger partial charge in [-0.15, -0.1) is 0 Å². The molecule has 2 rings (SSSR count). The average molecular weight is 230 g/mol. The lowest BCUT2D eigenvalue weighted by Crippen LogP contribution is -2.31. The zero-order chi connectivity index (χ0) is 11.1. The highest BCUT2D eigenvalue weighted by atomic mass is 32.2. The van der Waals surface area contributed by atoms with Gasteiger partial charge in [-0.05, 0) is 12.1 Å². The van der Waals surface area contributed by atoms with E-state index in [1.54, 1.807) is 6.07 Å². The molecule has 0 amide bonds. The van der Waals surface area contributed by atoms with E-state index in [2.05, 4.69) is 0 Å². The third-order valence-electron chi connectivity index (χ3n) is 2.41. The Morgan fingerprint density at radius 2 is 1.93 bits per heavy atom. The first kappa shape index (κ1) is 10.4. The van der Waals surface area contributed by atoms with Crippen LogP contribution in [0.4, 0.5) is 10.1 Å². The normalized spacial score (nSPS) is 20.8. The molecule has 0 atom stereocenters. The van der Waals surface area contributed by atoms with Crippen molar-refractivity contribution in [2.75, 3.05) is 24.4 Å². The number of likely N-dealkylation sites (N-methyl/N-ethyl adjacent to an activating group) is 1. The Morgan fingerprint density at radius 3 is 2.47 bits per heavy atom. The van der Waals surface area contributed by atoms with Crippen molar-refractivity contribution in [2.45, 2.75) is 0 Å². The Balaban J connectivity index is 2.46. The van der Waals surface area contributed by atoms with E-state index in [9.17, 15) is 12.8 Å². The fourth-order valence-corrected chi connectivity index (χ4v) is 2.89. The molecule has 1 aromatic carbocycles. The van der Waals surface area contributed by atoms with Gasteiger partial charge in [0.2, 0.25) is 0 Å². The highest BCUT2D eigenvalue weighted by Gasteiger charge is 2.34. The van der Waals surface area contributed by atoms with Crippen molar-refractivity contribution in [3.05, 3.63) is 30.1 Å². The van der Waals surface area contributed by atoms with Crippen LogP contribution in [0.5, 0.6) is 0 Å². The SMILES string of the molecule is CN1CCN(c2ccccc2F)S1(=O)=O. The van der Waals surface area contributed by atoms with Crippen molar-refractivity contribution in [3.63, 3.8) is 0 Å². The quantitative estimate of drug-likeness (QED) is 0.716. The van der Waals surface area contributed by atoms with Gasteiger partial charge in [0.25, 0.3) is 0 Å². The molecule has 1 aliphatic heterocycles. The molecule has 1 aliphatic rings. The van der Waals surface area contributed by atoms with E-state index >= 15 is 0 Å². The van der Waals surface area contributed by atoms with Crippen LogP contribution in [0.15, 0.2) is 24.3 Å². The van der Waals surface area contributed by atoms with Crippen LogP contribution in [0.25, 0.3) is 0 Å². The average Bonchev–Trinajstić information content (AvgIpc) is 2.44. The van der Waals surface area contributed by atoms with Crippen molar-refractivity contribution in [3.8, 4) is 0 Å². The number of anilines is 1. The minimum atomic E-state index is -3.51. The summed E-state index contributed by atoms with van der Waals surface area (Å²) in [6, 6.07) is 5.87. The molecule has 0 radical (unpaired) electrons. The molecule has 1 fully saturated rings. The van der Waals surface area contributed by atoms with Gasteiger partial charge in [0.1, 0.15) is 5.82 Å². The fraction of sp³-hybridized carbons (Fsp3) is 0.333. The van der Waals surface area contributed by atoms with Crippen LogP contribution in [0.3, 0.4) is 0 Å². The smallest absolute Gasteiger partial charge is 0.253 e. The molecule has 4 nitrogen and oxygen atoms in total. The summed E-state index contributed by atoms with van der Waals surface area (Å²) in [5.41, 5.74) is 0.113. The molecule has 1 saturated heterocycles. The second kappa shape index (κ2) is 3.46. The lowest BCUT2D eigenvalue weighted by Gasteiger charge is -2.18. The predicted molar refractivity (Wildman–Crippen MR) is 55.3 cm³/mol. The molecule has 0 aromatic heterocycles. The van der Waals surface area contributed by atoms with E-state index in [0.29, 0.717) is 13.1 Å². The summed E-state index contributed by atoms with van der Waals surface area (Å²) in [4.78, 5) is 0. The molecule has 1 aromatic rings. The summed E-state index contributed by atoms with van der Waals surface area (Å²) in [6.45, 7) is 0.677. The van der Waals surface area contributed by atoms with Gasteiger partial charge in [0.15, 0.2) is 0 Å². The summed E-state index contributed by atoms with van der Waals surface area (Å²) >= 11 is 0. The Bertz CT molecular complexity index is 475. The van der Waals surface area contributed by atoms with Crippen LogP contribution < -0.4 is 4.31 Å². The van der Waals surface area contributed by atoms with E-state index in [0.717, 1.165) is 4.31 Å². The maximum atomic E-state index is 13.4. The van der Waals surface area contributed by atoms with Gasteiger partial charge >= 0.3 is 10.2 Å². The van der Waals surface area contributed by atoms with E-state index in [1.807, 2.05) is 0 Å². The van der Waals surface area contributed by atoms with E-state index in [-0.39, 0.29) is 5.69 Å². The van der Waals surface area contributed by atoms with Gasteiger partial charge in [0, 0.05) is 20.1 Å². The van der Waals surface area contributed by atoms with Gasteiger partial charge in [-0.2, -0.15) is 12.7 Å². The summed E-state index contributed by atoms with van der Waals surface area (Å²) in [7, 11) is -2.03. The van der Waals surface area contributed by atoms with E-state index in [1.165, 1.54) is 29.6 Å². The van der Waals surface area contributed by atoms with Gasteiger partial charge in [-0.25, -0.2) is 4.39 Å². The Morgan fingerprint density at radius 1 is 1.27 bits per heavy atom.